The van der Waals surface area contributed by atoms with Crippen LogP contribution in [0.1, 0.15) is 41.0 Å². The summed E-state index contributed by atoms with van der Waals surface area (Å²) >= 11 is 0. The monoisotopic (exact) mass is 397 g/mol. The summed E-state index contributed by atoms with van der Waals surface area (Å²) < 4.78 is 5.16. The molecule has 2 aromatic rings. The number of methoxy groups -OCH3 is 1. The molecule has 0 bridgehead atoms. The van der Waals surface area contributed by atoms with Crippen LogP contribution in [0, 0.1) is 0 Å². The van der Waals surface area contributed by atoms with Gasteiger partial charge in [-0.25, -0.2) is 0 Å². The highest BCUT2D eigenvalue weighted by atomic mass is 16.5. The van der Waals surface area contributed by atoms with Crippen molar-refractivity contribution in [3.63, 3.8) is 0 Å². The fourth-order valence-corrected chi connectivity index (χ4v) is 2.83. The van der Waals surface area contributed by atoms with Crippen LogP contribution in [0.4, 0.5) is 5.69 Å². The molecule has 3 amide bonds. The molecule has 7 heteroatoms. The maximum absolute atomic E-state index is 12.3. The van der Waals surface area contributed by atoms with Crippen molar-refractivity contribution in [1.29, 1.82) is 0 Å². The highest BCUT2D eigenvalue weighted by molar-refractivity contribution is 5.98. The van der Waals surface area contributed by atoms with E-state index in [2.05, 4.69) is 10.6 Å². The maximum Gasteiger partial charge on any atom is 0.255 e. The minimum Gasteiger partial charge on any atom is -0.496 e. The third kappa shape index (κ3) is 6.07. The number of para-hydroxylation sites is 1. The molecule has 7 nitrogen and oxygen atoms in total. The Balaban J connectivity index is 1.83. The number of nitrogens with zero attached hydrogens (tertiary/aromatic N) is 1. The maximum atomic E-state index is 12.3. The number of carbonyl (C=O) groups is 3. The molecule has 0 aliphatic heterocycles. The second-order valence-corrected chi connectivity index (χ2v) is 6.31. The van der Waals surface area contributed by atoms with Crippen molar-refractivity contribution in [2.45, 2.75) is 20.3 Å². The van der Waals surface area contributed by atoms with Crippen LogP contribution in [0.2, 0.25) is 0 Å². The molecule has 154 valence electrons. The Labute approximate surface area is 171 Å². The van der Waals surface area contributed by atoms with Crippen molar-refractivity contribution in [2.24, 2.45) is 0 Å². The lowest BCUT2D eigenvalue weighted by Crippen LogP contribution is -2.30. The van der Waals surface area contributed by atoms with Gasteiger partial charge in [0.15, 0.2) is 0 Å². The highest BCUT2D eigenvalue weighted by Crippen LogP contribution is 2.17. The van der Waals surface area contributed by atoms with E-state index >= 15 is 0 Å². The van der Waals surface area contributed by atoms with Crippen LogP contribution >= 0.6 is 0 Å². The predicted molar refractivity (Wildman–Crippen MR) is 112 cm³/mol. The topological polar surface area (TPSA) is 87.7 Å². The molecule has 0 aromatic heterocycles. The first-order chi connectivity index (χ1) is 14.0. The molecule has 2 rings (SSSR count). The van der Waals surface area contributed by atoms with E-state index in [1.54, 1.807) is 53.4 Å². The molecule has 0 aliphatic rings. The molecule has 0 saturated carbocycles. The summed E-state index contributed by atoms with van der Waals surface area (Å²) in [6.45, 7) is 5.36. The summed E-state index contributed by atoms with van der Waals surface area (Å²) in [5.41, 5.74) is 1.60. The molecule has 0 heterocycles. The molecule has 0 spiro atoms. The fraction of sp³-hybridized carbons (Fsp3) is 0.318. The van der Waals surface area contributed by atoms with Gasteiger partial charge >= 0.3 is 0 Å². The summed E-state index contributed by atoms with van der Waals surface area (Å²) in [5, 5.41) is 5.47. The van der Waals surface area contributed by atoms with Gasteiger partial charge in [-0.05, 0) is 50.2 Å². The third-order valence-electron chi connectivity index (χ3n) is 4.46. The number of anilines is 1. The zero-order valence-corrected chi connectivity index (χ0v) is 17.0. The van der Waals surface area contributed by atoms with Gasteiger partial charge in [-0.15, -0.1) is 0 Å². The van der Waals surface area contributed by atoms with Crippen LogP contribution in [-0.2, 0) is 4.79 Å². The van der Waals surface area contributed by atoms with Crippen molar-refractivity contribution in [1.82, 2.24) is 10.2 Å². The molecule has 29 heavy (non-hydrogen) atoms. The average molecular weight is 397 g/mol. The number of benzene rings is 2. The molecule has 0 aliphatic carbocycles. The number of nitrogens with one attached hydrogen (secondary N) is 2. The van der Waals surface area contributed by atoms with Crippen LogP contribution in [0.15, 0.2) is 48.5 Å². The number of hydrogen-bond donors (Lipinski definition) is 2. The fourth-order valence-electron chi connectivity index (χ4n) is 2.83. The first-order valence-electron chi connectivity index (χ1n) is 9.60. The number of carbonyl (C=O) groups excluding carboxylic acids is 3. The van der Waals surface area contributed by atoms with Gasteiger partial charge in [-0.3, -0.25) is 14.4 Å². The largest absolute Gasteiger partial charge is 0.496 e. The SMILES string of the molecule is CCN(CC)C(=O)c1ccc(NC(=O)CCNC(=O)c2ccccc2OC)cc1. The van der Waals surface area contributed by atoms with Gasteiger partial charge in [-0.1, -0.05) is 12.1 Å². The van der Waals surface area contributed by atoms with Crippen molar-refractivity contribution < 1.29 is 19.1 Å². The van der Waals surface area contributed by atoms with Crippen LogP contribution in [0.25, 0.3) is 0 Å². The van der Waals surface area contributed by atoms with E-state index in [4.69, 9.17) is 4.74 Å². The van der Waals surface area contributed by atoms with Crippen molar-refractivity contribution in [2.75, 3.05) is 32.1 Å². The van der Waals surface area contributed by atoms with Crippen LogP contribution < -0.4 is 15.4 Å². The first kappa shape index (κ1) is 21.9. The van der Waals surface area contributed by atoms with E-state index in [9.17, 15) is 14.4 Å². The summed E-state index contributed by atoms with van der Waals surface area (Å²) in [6, 6.07) is 13.7. The third-order valence-corrected chi connectivity index (χ3v) is 4.46. The lowest BCUT2D eigenvalue weighted by Gasteiger charge is -2.18. The quantitative estimate of drug-likeness (QED) is 0.681. The molecule has 0 radical (unpaired) electrons. The van der Waals surface area contributed by atoms with Crippen molar-refractivity contribution in [3.8, 4) is 5.75 Å². The zero-order chi connectivity index (χ0) is 21.2. The standard InChI is InChI=1S/C22H27N3O4/c1-4-25(5-2)22(28)16-10-12-17(13-11-16)24-20(26)14-15-23-21(27)18-8-6-7-9-19(18)29-3/h6-13H,4-5,14-15H2,1-3H3,(H,23,27)(H,24,26). The predicted octanol–water partition coefficient (Wildman–Crippen LogP) is 2.94. The molecule has 2 N–H and O–H groups in total. The van der Waals surface area contributed by atoms with E-state index in [0.29, 0.717) is 35.7 Å². The minimum atomic E-state index is -0.297. The smallest absolute Gasteiger partial charge is 0.255 e. The second kappa shape index (κ2) is 10.8. The van der Waals surface area contributed by atoms with Gasteiger partial charge in [0.25, 0.3) is 11.8 Å². The normalized spacial score (nSPS) is 10.2. The Morgan fingerprint density at radius 2 is 1.62 bits per heavy atom. The Kier molecular flexibility index (Phi) is 8.21. The van der Waals surface area contributed by atoms with E-state index < -0.39 is 0 Å². The summed E-state index contributed by atoms with van der Waals surface area (Å²) in [4.78, 5) is 38.4. The lowest BCUT2D eigenvalue weighted by molar-refractivity contribution is -0.116. The molecule has 0 unspecified atom stereocenters. The number of rotatable bonds is 9. The Bertz CT molecular complexity index is 845. The van der Waals surface area contributed by atoms with Crippen LogP contribution in [0.3, 0.4) is 0 Å². The Morgan fingerprint density at radius 3 is 2.24 bits per heavy atom. The van der Waals surface area contributed by atoms with Gasteiger partial charge in [0.2, 0.25) is 5.91 Å². The molecule has 0 saturated heterocycles. The lowest BCUT2D eigenvalue weighted by atomic mass is 10.1. The number of ether oxygens (including phenoxy) is 1. The highest BCUT2D eigenvalue weighted by Gasteiger charge is 2.13. The van der Waals surface area contributed by atoms with Gasteiger partial charge in [-0.2, -0.15) is 0 Å². The number of amides is 3. The van der Waals surface area contributed by atoms with Gasteiger partial charge in [0, 0.05) is 37.3 Å². The van der Waals surface area contributed by atoms with Crippen LogP contribution in [-0.4, -0.2) is 49.4 Å². The average Bonchev–Trinajstić information content (AvgIpc) is 2.74. The Hall–Kier alpha value is -3.35. The zero-order valence-electron chi connectivity index (χ0n) is 17.0. The molecule has 0 fully saturated rings. The molecule has 2 aromatic carbocycles. The van der Waals surface area contributed by atoms with Crippen molar-refractivity contribution in [3.05, 3.63) is 59.7 Å². The van der Waals surface area contributed by atoms with E-state index in [-0.39, 0.29) is 30.7 Å². The minimum absolute atomic E-state index is 0.0353. The number of hydrogen-bond acceptors (Lipinski definition) is 4. The van der Waals surface area contributed by atoms with Crippen molar-refractivity contribution >= 4 is 23.4 Å². The second-order valence-electron chi connectivity index (χ2n) is 6.31. The summed E-state index contributed by atoms with van der Waals surface area (Å²) in [6.07, 6.45) is 0.126. The van der Waals surface area contributed by atoms with E-state index in [1.165, 1.54) is 7.11 Å². The van der Waals surface area contributed by atoms with Gasteiger partial charge in [0.1, 0.15) is 5.75 Å². The van der Waals surface area contributed by atoms with Gasteiger partial charge in [0.05, 0.1) is 12.7 Å². The van der Waals surface area contributed by atoms with Crippen LogP contribution in [0.5, 0.6) is 5.75 Å². The van der Waals surface area contributed by atoms with E-state index in [0.717, 1.165) is 0 Å². The summed E-state index contributed by atoms with van der Waals surface area (Å²) in [5.74, 6) is -0.0802. The van der Waals surface area contributed by atoms with Gasteiger partial charge < -0.3 is 20.3 Å². The van der Waals surface area contributed by atoms with E-state index in [1.807, 2.05) is 13.8 Å². The molecule has 0 atom stereocenters. The summed E-state index contributed by atoms with van der Waals surface area (Å²) in [7, 11) is 1.50. The molecular weight excluding hydrogens is 370 g/mol. The molecular formula is C22H27N3O4. The Morgan fingerprint density at radius 1 is 0.966 bits per heavy atom. The first-order valence-corrected chi connectivity index (χ1v) is 9.60.